The van der Waals surface area contributed by atoms with Crippen molar-refractivity contribution in [1.29, 1.82) is 0 Å². The number of carbonyl (C=O) groups excluding carboxylic acids is 1. The molecule has 1 aromatic carbocycles. The standard InChI is InChI=1S/C16H16F2N2O2/c1-10-6-5-8-13(19-10)15(21)20-11(2)12-7-3-4-9-14(12)22-16(17)18/h3-9,11,16H,1-2H3,(H,20,21). The summed E-state index contributed by atoms with van der Waals surface area (Å²) < 4.78 is 29.3. The number of nitrogens with one attached hydrogen (secondary N) is 1. The molecule has 2 rings (SSSR count). The van der Waals surface area contributed by atoms with Crippen LogP contribution < -0.4 is 10.1 Å². The van der Waals surface area contributed by atoms with E-state index in [2.05, 4.69) is 15.0 Å². The van der Waals surface area contributed by atoms with Crippen molar-refractivity contribution >= 4 is 5.91 Å². The number of ether oxygens (including phenoxy) is 1. The van der Waals surface area contributed by atoms with Gasteiger partial charge in [0.15, 0.2) is 0 Å². The number of pyridine rings is 1. The minimum Gasteiger partial charge on any atom is -0.434 e. The van der Waals surface area contributed by atoms with E-state index < -0.39 is 12.7 Å². The molecule has 22 heavy (non-hydrogen) atoms. The number of aromatic nitrogens is 1. The van der Waals surface area contributed by atoms with Gasteiger partial charge in [-0.05, 0) is 32.0 Å². The molecule has 1 aromatic heterocycles. The molecule has 0 radical (unpaired) electrons. The fourth-order valence-electron chi connectivity index (χ4n) is 2.06. The van der Waals surface area contributed by atoms with Gasteiger partial charge in [0.05, 0.1) is 6.04 Å². The van der Waals surface area contributed by atoms with E-state index in [0.717, 1.165) is 5.69 Å². The van der Waals surface area contributed by atoms with E-state index >= 15 is 0 Å². The number of rotatable bonds is 5. The lowest BCUT2D eigenvalue weighted by atomic mass is 10.1. The van der Waals surface area contributed by atoms with Crippen LogP contribution in [0.15, 0.2) is 42.5 Å². The van der Waals surface area contributed by atoms with Crippen molar-refractivity contribution in [2.24, 2.45) is 0 Å². The second-order valence-electron chi connectivity index (χ2n) is 4.78. The SMILES string of the molecule is Cc1cccc(C(=O)NC(C)c2ccccc2OC(F)F)n1. The van der Waals surface area contributed by atoms with Crippen molar-refractivity contribution < 1.29 is 18.3 Å². The predicted molar refractivity (Wildman–Crippen MR) is 77.9 cm³/mol. The summed E-state index contributed by atoms with van der Waals surface area (Å²) in [7, 11) is 0. The first-order valence-corrected chi connectivity index (χ1v) is 6.75. The highest BCUT2D eigenvalue weighted by molar-refractivity contribution is 5.92. The fourth-order valence-corrected chi connectivity index (χ4v) is 2.06. The number of aryl methyl sites for hydroxylation is 1. The van der Waals surface area contributed by atoms with Crippen molar-refractivity contribution in [3.63, 3.8) is 0 Å². The highest BCUT2D eigenvalue weighted by Crippen LogP contribution is 2.26. The molecule has 4 nitrogen and oxygen atoms in total. The zero-order chi connectivity index (χ0) is 16.1. The maximum Gasteiger partial charge on any atom is 0.387 e. The molecule has 0 aliphatic rings. The van der Waals surface area contributed by atoms with Gasteiger partial charge in [0, 0.05) is 11.3 Å². The summed E-state index contributed by atoms with van der Waals surface area (Å²) >= 11 is 0. The van der Waals surface area contributed by atoms with Crippen molar-refractivity contribution in [3.05, 3.63) is 59.4 Å². The van der Waals surface area contributed by atoms with Gasteiger partial charge in [0.1, 0.15) is 11.4 Å². The molecule has 1 N–H and O–H groups in total. The third-order valence-electron chi connectivity index (χ3n) is 3.07. The van der Waals surface area contributed by atoms with E-state index in [4.69, 9.17) is 0 Å². The molecule has 0 aliphatic heterocycles. The number of halogens is 2. The number of hydrogen-bond donors (Lipinski definition) is 1. The zero-order valence-electron chi connectivity index (χ0n) is 12.2. The molecule has 1 unspecified atom stereocenters. The van der Waals surface area contributed by atoms with Crippen molar-refractivity contribution in [2.75, 3.05) is 0 Å². The molecule has 0 saturated heterocycles. The van der Waals surface area contributed by atoms with Crippen LogP contribution in [0.2, 0.25) is 0 Å². The summed E-state index contributed by atoms with van der Waals surface area (Å²) in [5.74, 6) is -0.328. The minimum absolute atomic E-state index is 0.0440. The summed E-state index contributed by atoms with van der Waals surface area (Å²) in [4.78, 5) is 16.3. The predicted octanol–water partition coefficient (Wildman–Crippen LogP) is 3.48. The molecule has 1 amide bonds. The molecule has 0 spiro atoms. The first-order chi connectivity index (χ1) is 10.5. The van der Waals surface area contributed by atoms with Crippen LogP contribution in [0.25, 0.3) is 0 Å². The second-order valence-corrected chi connectivity index (χ2v) is 4.78. The summed E-state index contributed by atoms with van der Waals surface area (Å²) in [6.45, 7) is 0.565. The zero-order valence-corrected chi connectivity index (χ0v) is 12.2. The Labute approximate surface area is 127 Å². The van der Waals surface area contributed by atoms with Crippen LogP contribution in [0.3, 0.4) is 0 Å². The topological polar surface area (TPSA) is 51.2 Å². The minimum atomic E-state index is -2.91. The normalized spacial score (nSPS) is 12.0. The van der Waals surface area contributed by atoms with Crippen LogP contribution in [0.4, 0.5) is 8.78 Å². The number of nitrogens with zero attached hydrogens (tertiary/aromatic N) is 1. The largest absolute Gasteiger partial charge is 0.434 e. The van der Waals surface area contributed by atoms with Gasteiger partial charge in [-0.1, -0.05) is 24.3 Å². The number of para-hydroxylation sites is 1. The number of amides is 1. The quantitative estimate of drug-likeness (QED) is 0.920. The lowest BCUT2D eigenvalue weighted by Gasteiger charge is -2.18. The van der Waals surface area contributed by atoms with Crippen LogP contribution in [0, 0.1) is 6.92 Å². The van der Waals surface area contributed by atoms with Crippen molar-refractivity contribution in [3.8, 4) is 5.75 Å². The number of hydrogen-bond acceptors (Lipinski definition) is 3. The Hall–Kier alpha value is -2.50. The van der Waals surface area contributed by atoms with Gasteiger partial charge in [0.2, 0.25) is 0 Å². The summed E-state index contributed by atoms with van der Waals surface area (Å²) in [5.41, 5.74) is 1.48. The van der Waals surface area contributed by atoms with Gasteiger partial charge in [-0.15, -0.1) is 0 Å². The third-order valence-corrected chi connectivity index (χ3v) is 3.07. The third kappa shape index (κ3) is 4.00. The number of benzene rings is 1. The highest BCUT2D eigenvalue weighted by Gasteiger charge is 2.17. The molecular formula is C16H16F2N2O2. The molecule has 2 aromatic rings. The van der Waals surface area contributed by atoms with E-state index in [9.17, 15) is 13.6 Å². The Bertz CT molecular complexity index is 662. The van der Waals surface area contributed by atoms with E-state index in [1.807, 2.05) is 0 Å². The van der Waals surface area contributed by atoms with Crippen molar-refractivity contribution in [1.82, 2.24) is 10.3 Å². The molecule has 0 aliphatic carbocycles. The van der Waals surface area contributed by atoms with Crippen molar-refractivity contribution in [2.45, 2.75) is 26.5 Å². The Kier molecular flexibility index (Phi) is 5.04. The van der Waals surface area contributed by atoms with Gasteiger partial charge < -0.3 is 10.1 Å². The molecule has 1 atom stereocenters. The fraction of sp³-hybridized carbons (Fsp3) is 0.250. The van der Waals surface area contributed by atoms with Crippen LogP contribution in [-0.2, 0) is 0 Å². The summed E-state index contributed by atoms with van der Waals surface area (Å²) in [6.07, 6.45) is 0. The van der Waals surface area contributed by atoms with Gasteiger partial charge >= 0.3 is 6.61 Å². The molecule has 6 heteroatoms. The van der Waals surface area contributed by atoms with E-state index in [0.29, 0.717) is 5.56 Å². The van der Waals surface area contributed by atoms with E-state index in [1.165, 1.54) is 6.07 Å². The molecule has 0 fully saturated rings. The highest BCUT2D eigenvalue weighted by atomic mass is 19.3. The number of alkyl halides is 2. The van der Waals surface area contributed by atoms with E-state index in [-0.39, 0.29) is 17.4 Å². The van der Waals surface area contributed by atoms with Gasteiger partial charge in [-0.2, -0.15) is 8.78 Å². The number of carbonyl (C=O) groups is 1. The lowest BCUT2D eigenvalue weighted by molar-refractivity contribution is -0.0506. The molecular weight excluding hydrogens is 290 g/mol. The van der Waals surface area contributed by atoms with Crippen LogP contribution in [-0.4, -0.2) is 17.5 Å². The molecule has 116 valence electrons. The summed E-state index contributed by atoms with van der Waals surface area (Å²) in [5, 5.41) is 2.73. The van der Waals surface area contributed by atoms with Gasteiger partial charge in [0.25, 0.3) is 5.91 Å². The van der Waals surface area contributed by atoms with E-state index in [1.54, 1.807) is 50.2 Å². The molecule has 0 saturated carbocycles. The monoisotopic (exact) mass is 306 g/mol. The Morgan fingerprint density at radius 3 is 2.59 bits per heavy atom. The van der Waals surface area contributed by atoms with Gasteiger partial charge in [-0.25, -0.2) is 4.98 Å². The first kappa shape index (κ1) is 15.9. The maximum absolute atomic E-state index is 12.4. The van der Waals surface area contributed by atoms with Crippen LogP contribution >= 0.6 is 0 Å². The summed E-state index contributed by atoms with van der Waals surface area (Å²) in [6, 6.07) is 11.0. The average molecular weight is 306 g/mol. The molecule has 1 heterocycles. The smallest absolute Gasteiger partial charge is 0.387 e. The lowest BCUT2D eigenvalue weighted by Crippen LogP contribution is -2.28. The average Bonchev–Trinajstić information content (AvgIpc) is 2.47. The van der Waals surface area contributed by atoms with Gasteiger partial charge in [-0.3, -0.25) is 4.79 Å². The second kappa shape index (κ2) is 6.98. The Morgan fingerprint density at radius 1 is 1.18 bits per heavy atom. The van der Waals surface area contributed by atoms with Crippen LogP contribution in [0.5, 0.6) is 5.75 Å². The Balaban J connectivity index is 2.15. The molecule has 0 bridgehead atoms. The van der Waals surface area contributed by atoms with Crippen LogP contribution in [0.1, 0.15) is 34.7 Å². The first-order valence-electron chi connectivity index (χ1n) is 6.75. The Morgan fingerprint density at radius 2 is 1.91 bits per heavy atom. The maximum atomic E-state index is 12.4.